The summed E-state index contributed by atoms with van der Waals surface area (Å²) in [6.45, 7) is 5.06. The van der Waals surface area contributed by atoms with Crippen LogP contribution < -0.4 is 5.32 Å². The van der Waals surface area contributed by atoms with Crippen LogP contribution in [0.1, 0.15) is 44.2 Å². The summed E-state index contributed by atoms with van der Waals surface area (Å²) in [6.07, 6.45) is 2.52. The van der Waals surface area contributed by atoms with Crippen LogP contribution in [0.3, 0.4) is 0 Å². The third kappa shape index (κ3) is 8.04. The predicted octanol–water partition coefficient (Wildman–Crippen LogP) is 5.30. The molecule has 0 fully saturated rings. The first-order valence-electron chi connectivity index (χ1n) is 10.5. The lowest BCUT2D eigenvalue weighted by atomic mass is 10.1. The molecule has 2 aromatic carbocycles. The lowest BCUT2D eigenvalue weighted by Gasteiger charge is -2.30. The standard InChI is InChI=1S/C24H31ClN2O2S/c1-3-5-15-26-24(29)22(4-2)27(16-19-11-13-21(25)14-12-19)23(28)18-30-17-20-9-7-6-8-10-20/h6-14,22H,3-5,15-18H2,1-2H3,(H,26,29)/t22-/m1/s1. The van der Waals surface area contributed by atoms with Gasteiger partial charge in [-0.2, -0.15) is 0 Å². The molecule has 0 aliphatic rings. The largest absolute Gasteiger partial charge is 0.354 e. The van der Waals surface area contributed by atoms with E-state index in [1.807, 2.05) is 49.4 Å². The van der Waals surface area contributed by atoms with Crippen molar-refractivity contribution in [3.63, 3.8) is 0 Å². The molecule has 0 spiro atoms. The van der Waals surface area contributed by atoms with Crippen molar-refractivity contribution in [3.05, 3.63) is 70.7 Å². The maximum Gasteiger partial charge on any atom is 0.242 e. The van der Waals surface area contributed by atoms with Gasteiger partial charge in [-0.25, -0.2) is 0 Å². The van der Waals surface area contributed by atoms with Gasteiger partial charge in [0.15, 0.2) is 0 Å². The molecule has 0 bridgehead atoms. The molecule has 162 valence electrons. The van der Waals surface area contributed by atoms with E-state index in [1.54, 1.807) is 16.7 Å². The van der Waals surface area contributed by atoms with Crippen LogP contribution in [0.15, 0.2) is 54.6 Å². The van der Waals surface area contributed by atoms with Crippen LogP contribution in [0.5, 0.6) is 0 Å². The Morgan fingerprint density at radius 2 is 1.73 bits per heavy atom. The van der Waals surface area contributed by atoms with E-state index in [9.17, 15) is 9.59 Å². The van der Waals surface area contributed by atoms with Crippen molar-refractivity contribution in [2.45, 2.75) is 51.4 Å². The quantitative estimate of drug-likeness (QED) is 0.450. The lowest BCUT2D eigenvalue weighted by molar-refractivity contribution is -0.139. The van der Waals surface area contributed by atoms with E-state index in [2.05, 4.69) is 24.4 Å². The third-order valence-corrected chi connectivity index (χ3v) is 6.06. The molecule has 0 saturated carbocycles. The number of carbonyl (C=O) groups excluding carboxylic acids is 2. The summed E-state index contributed by atoms with van der Waals surface area (Å²) in [4.78, 5) is 27.7. The first-order chi connectivity index (χ1) is 14.5. The summed E-state index contributed by atoms with van der Waals surface area (Å²) in [5, 5.41) is 3.64. The zero-order chi connectivity index (χ0) is 21.8. The number of unbranched alkanes of at least 4 members (excludes halogenated alkanes) is 1. The number of nitrogens with zero attached hydrogens (tertiary/aromatic N) is 1. The number of halogens is 1. The van der Waals surface area contributed by atoms with Crippen LogP contribution in [-0.4, -0.2) is 35.1 Å². The average Bonchev–Trinajstić information content (AvgIpc) is 2.76. The molecule has 30 heavy (non-hydrogen) atoms. The van der Waals surface area contributed by atoms with E-state index in [1.165, 1.54) is 5.56 Å². The number of nitrogens with one attached hydrogen (secondary N) is 1. The molecule has 4 nitrogen and oxygen atoms in total. The van der Waals surface area contributed by atoms with Crippen molar-refractivity contribution in [2.75, 3.05) is 12.3 Å². The molecular formula is C24H31ClN2O2S. The third-order valence-electron chi connectivity index (χ3n) is 4.82. The van der Waals surface area contributed by atoms with Gasteiger partial charge in [-0.05, 0) is 36.1 Å². The van der Waals surface area contributed by atoms with Crippen molar-refractivity contribution in [1.82, 2.24) is 10.2 Å². The van der Waals surface area contributed by atoms with E-state index >= 15 is 0 Å². The minimum absolute atomic E-state index is 0.0247. The molecule has 6 heteroatoms. The van der Waals surface area contributed by atoms with Gasteiger partial charge in [-0.1, -0.05) is 74.3 Å². The second kappa shape index (κ2) is 13.3. The maximum absolute atomic E-state index is 13.1. The molecule has 0 aliphatic heterocycles. The highest BCUT2D eigenvalue weighted by Crippen LogP contribution is 2.18. The topological polar surface area (TPSA) is 49.4 Å². The van der Waals surface area contributed by atoms with E-state index in [0.717, 1.165) is 24.2 Å². The Labute approximate surface area is 189 Å². The fourth-order valence-electron chi connectivity index (χ4n) is 3.13. The number of hydrogen-bond acceptors (Lipinski definition) is 3. The van der Waals surface area contributed by atoms with Crippen molar-refractivity contribution < 1.29 is 9.59 Å². The summed E-state index contributed by atoms with van der Waals surface area (Å²) in [7, 11) is 0. The van der Waals surface area contributed by atoms with Crippen molar-refractivity contribution >= 4 is 35.2 Å². The number of benzene rings is 2. The molecule has 0 unspecified atom stereocenters. The minimum atomic E-state index is -0.484. The predicted molar refractivity (Wildman–Crippen MR) is 127 cm³/mol. The van der Waals surface area contributed by atoms with Gasteiger partial charge in [0.2, 0.25) is 11.8 Å². The summed E-state index contributed by atoms with van der Waals surface area (Å²) in [5.41, 5.74) is 2.14. The van der Waals surface area contributed by atoms with Gasteiger partial charge in [0.05, 0.1) is 5.75 Å². The molecule has 2 aromatic rings. The SMILES string of the molecule is CCCCNC(=O)[C@@H](CC)N(Cc1ccc(Cl)cc1)C(=O)CSCc1ccccc1. The molecule has 2 amide bonds. The Hall–Kier alpha value is -1.98. The fourth-order valence-corrected chi connectivity index (χ4v) is 4.12. The van der Waals surface area contributed by atoms with Crippen LogP contribution in [0.2, 0.25) is 5.02 Å². The number of carbonyl (C=O) groups is 2. The van der Waals surface area contributed by atoms with Crippen LogP contribution in [0, 0.1) is 0 Å². The van der Waals surface area contributed by atoms with E-state index < -0.39 is 6.04 Å². The molecule has 1 N–H and O–H groups in total. The Morgan fingerprint density at radius 1 is 1.03 bits per heavy atom. The van der Waals surface area contributed by atoms with Crippen LogP contribution in [0.4, 0.5) is 0 Å². The van der Waals surface area contributed by atoms with Crippen LogP contribution in [0.25, 0.3) is 0 Å². The van der Waals surface area contributed by atoms with Gasteiger partial charge >= 0.3 is 0 Å². The van der Waals surface area contributed by atoms with Crippen molar-refractivity contribution in [3.8, 4) is 0 Å². The zero-order valence-corrected chi connectivity index (χ0v) is 19.3. The Bertz CT molecular complexity index is 784. The molecular weight excluding hydrogens is 416 g/mol. The van der Waals surface area contributed by atoms with Crippen molar-refractivity contribution in [1.29, 1.82) is 0 Å². The first kappa shape index (κ1) is 24.3. The number of hydrogen-bond donors (Lipinski definition) is 1. The molecule has 0 heterocycles. The highest BCUT2D eigenvalue weighted by molar-refractivity contribution is 7.99. The van der Waals surface area contributed by atoms with Gasteiger partial charge in [-0.15, -0.1) is 11.8 Å². The molecule has 1 atom stereocenters. The number of rotatable bonds is 12. The van der Waals surface area contributed by atoms with Crippen LogP contribution >= 0.6 is 23.4 Å². The number of amides is 2. The molecule has 0 aromatic heterocycles. The summed E-state index contributed by atoms with van der Waals surface area (Å²) in [6, 6.07) is 17.0. The Morgan fingerprint density at radius 3 is 2.37 bits per heavy atom. The summed E-state index contributed by atoms with van der Waals surface area (Å²) in [5.74, 6) is 0.993. The zero-order valence-electron chi connectivity index (χ0n) is 17.8. The molecule has 2 rings (SSSR count). The Balaban J connectivity index is 2.08. The molecule has 0 radical (unpaired) electrons. The van der Waals surface area contributed by atoms with Gasteiger partial charge in [0, 0.05) is 23.9 Å². The average molecular weight is 447 g/mol. The highest BCUT2D eigenvalue weighted by atomic mass is 35.5. The fraction of sp³-hybridized carbons (Fsp3) is 0.417. The number of thioether (sulfide) groups is 1. The minimum Gasteiger partial charge on any atom is -0.354 e. The highest BCUT2D eigenvalue weighted by Gasteiger charge is 2.28. The van der Waals surface area contributed by atoms with E-state index in [4.69, 9.17) is 11.6 Å². The van der Waals surface area contributed by atoms with E-state index in [0.29, 0.717) is 30.3 Å². The van der Waals surface area contributed by atoms with Crippen molar-refractivity contribution in [2.24, 2.45) is 0 Å². The molecule has 0 saturated heterocycles. The van der Waals surface area contributed by atoms with Crippen LogP contribution in [-0.2, 0) is 21.9 Å². The maximum atomic E-state index is 13.1. The van der Waals surface area contributed by atoms with Gasteiger partial charge < -0.3 is 10.2 Å². The van der Waals surface area contributed by atoms with Gasteiger partial charge in [-0.3, -0.25) is 9.59 Å². The lowest BCUT2D eigenvalue weighted by Crippen LogP contribution is -2.49. The smallest absolute Gasteiger partial charge is 0.242 e. The first-order valence-corrected chi connectivity index (χ1v) is 12.0. The second-order valence-corrected chi connectivity index (χ2v) is 8.62. The molecule has 0 aliphatic carbocycles. The monoisotopic (exact) mass is 446 g/mol. The normalized spacial score (nSPS) is 11.7. The summed E-state index contributed by atoms with van der Waals surface area (Å²) >= 11 is 7.57. The van der Waals surface area contributed by atoms with Gasteiger partial charge in [0.1, 0.15) is 6.04 Å². The van der Waals surface area contributed by atoms with Gasteiger partial charge in [0.25, 0.3) is 0 Å². The second-order valence-electron chi connectivity index (χ2n) is 7.20. The summed E-state index contributed by atoms with van der Waals surface area (Å²) < 4.78 is 0. The Kier molecular flexibility index (Phi) is 10.8. The van der Waals surface area contributed by atoms with E-state index in [-0.39, 0.29) is 11.8 Å².